The van der Waals surface area contributed by atoms with E-state index in [9.17, 15) is 20.4 Å². The lowest BCUT2D eigenvalue weighted by Crippen LogP contribution is -2.69. The lowest BCUT2D eigenvalue weighted by Gasteiger charge is -2.47. The number of hydrogen-bond donors (Lipinski definition) is 4. The van der Waals surface area contributed by atoms with Crippen LogP contribution >= 0.6 is 0 Å². The predicted octanol–water partition coefficient (Wildman–Crippen LogP) is -0.179. The van der Waals surface area contributed by atoms with Crippen molar-refractivity contribution in [2.45, 2.75) is 24.9 Å². The van der Waals surface area contributed by atoms with Crippen molar-refractivity contribution < 1.29 is 24.9 Å². The zero-order valence-corrected chi connectivity index (χ0v) is 9.68. The van der Waals surface area contributed by atoms with Crippen molar-refractivity contribution in [3.05, 3.63) is 50.6 Å². The third kappa shape index (κ3) is 2.54. The highest BCUT2D eigenvalue weighted by atomic mass is 16.4. The molecule has 0 aromatic heterocycles. The Morgan fingerprint density at radius 1 is 0.588 bits per heavy atom. The molecule has 0 saturated carbocycles. The van der Waals surface area contributed by atoms with Gasteiger partial charge in [-0.2, -0.15) is 0 Å². The molecule has 0 aliphatic carbocycles. The molecule has 0 aromatic rings. The van der Waals surface area contributed by atoms with Crippen LogP contribution in [0.25, 0.3) is 0 Å². The summed E-state index contributed by atoms with van der Waals surface area (Å²) in [5.41, 5.74) is 0. The first-order chi connectivity index (χ1) is 7.93. The van der Waals surface area contributed by atoms with Crippen LogP contribution in [-0.2, 0) is 0 Å². The number of nitrogens with zero attached hydrogens (tertiary/aromatic N) is 1. The second kappa shape index (κ2) is 6.48. The Labute approximate surface area is 101 Å². The average molecular weight is 242 g/mol. The lowest BCUT2D eigenvalue weighted by atomic mass is 10.2. The molecule has 0 spiro atoms. The maximum absolute atomic E-state index is 9.90. The number of rotatable bonds is 8. The van der Waals surface area contributed by atoms with Gasteiger partial charge < -0.3 is 20.4 Å². The number of hydrogen-bond acceptors (Lipinski definition) is 4. The van der Waals surface area contributed by atoms with E-state index in [1.807, 2.05) is 0 Å². The molecule has 0 rings (SSSR count). The zero-order valence-electron chi connectivity index (χ0n) is 9.68. The van der Waals surface area contributed by atoms with Crippen LogP contribution in [0.2, 0.25) is 0 Å². The van der Waals surface area contributed by atoms with E-state index in [2.05, 4.69) is 26.3 Å². The van der Waals surface area contributed by atoms with Crippen molar-refractivity contribution in [2.75, 3.05) is 0 Å². The molecule has 4 N–H and O–H groups in total. The minimum Gasteiger partial charge on any atom is -0.341 e. The minimum absolute atomic E-state index is 0.931. The average Bonchev–Trinajstić information content (AvgIpc) is 2.37. The van der Waals surface area contributed by atoms with Crippen molar-refractivity contribution in [1.29, 1.82) is 0 Å². The van der Waals surface area contributed by atoms with Crippen molar-refractivity contribution >= 4 is 0 Å². The molecule has 0 aromatic carbocycles. The Balaban J connectivity index is 5.84. The van der Waals surface area contributed by atoms with Crippen LogP contribution in [0.4, 0.5) is 0 Å². The second-order valence-electron chi connectivity index (χ2n) is 3.49. The molecule has 5 heteroatoms. The van der Waals surface area contributed by atoms with Gasteiger partial charge >= 0.3 is 0 Å². The number of aliphatic hydroxyl groups excluding tert-OH is 4. The number of aliphatic hydroxyl groups is 4. The van der Waals surface area contributed by atoms with Crippen LogP contribution in [0.5, 0.6) is 0 Å². The largest absolute Gasteiger partial charge is 0.341 e. The van der Waals surface area contributed by atoms with Gasteiger partial charge in [0.15, 0.2) is 0 Å². The third-order valence-electron chi connectivity index (χ3n) is 2.68. The Bertz CT molecular complexity index is 241. The molecule has 0 fully saturated rings. The minimum atomic E-state index is -1.43. The Hall–Kier alpha value is -1.24. The molecule has 0 aliphatic heterocycles. The Kier molecular flexibility index (Phi) is 6.01. The van der Waals surface area contributed by atoms with E-state index < -0.39 is 29.4 Å². The molecule has 5 nitrogen and oxygen atoms in total. The Morgan fingerprint density at radius 2 is 0.765 bits per heavy atom. The van der Waals surface area contributed by atoms with Gasteiger partial charge in [-0.15, -0.1) is 0 Å². The summed E-state index contributed by atoms with van der Waals surface area (Å²) in [5, 5.41) is 39.6. The van der Waals surface area contributed by atoms with E-state index in [1.54, 1.807) is 0 Å². The maximum Gasteiger partial charge on any atom is 0.217 e. The Morgan fingerprint density at radius 3 is 0.882 bits per heavy atom. The molecule has 96 valence electrons. The molecule has 4 atom stereocenters. The second-order valence-corrected chi connectivity index (χ2v) is 3.49. The van der Waals surface area contributed by atoms with E-state index in [4.69, 9.17) is 0 Å². The molecule has 4 unspecified atom stereocenters. The molecule has 17 heavy (non-hydrogen) atoms. The summed E-state index contributed by atoms with van der Waals surface area (Å²) in [7, 11) is 0. The van der Waals surface area contributed by atoms with Crippen molar-refractivity contribution in [3.8, 4) is 0 Å². The highest BCUT2D eigenvalue weighted by molar-refractivity contribution is 4.88. The summed E-state index contributed by atoms with van der Waals surface area (Å²) in [6.45, 7) is 13.5. The standard InChI is InChI=1S/C12H20NO4/c1-5-9(14)13(10(15)6-2,11(16)7-3)12(17)8-4/h5-12,14-17H,1-4H2/q+1. The van der Waals surface area contributed by atoms with Gasteiger partial charge in [-0.05, 0) is 24.3 Å². The third-order valence-corrected chi connectivity index (χ3v) is 2.68. The van der Waals surface area contributed by atoms with Gasteiger partial charge in [0, 0.05) is 0 Å². The smallest absolute Gasteiger partial charge is 0.217 e. The first kappa shape index (κ1) is 15.8. The molecule has 0 aliphatic rings. The highest BCUT2D eigenvalue weighted by Crippen LogP contribution is 2.27. The van der Waals surface area contributed by atoms with E-state index >= 15 is 0 Å². The summed E-state index contributed by atoms with van der Waals surface area (Å²) in [4.78, 5) is 0. The maximum atomic E-state index is 9.90. The quantitative estimate of drug-likeness (QED) is 0.270. The normalized spacial score (nSPS) is 21.4. The van der Waals surface area contributed by atoms with E-state index in [0.29, 0.717) is 0 Å². The summed E-state index contributed by atoms with van der Waals surface area (Å²) in [5.74, 6) is 0. The van der Waals surface area contributed by atoms with Gasteiger partial charge in [0.05, 0.1) is 0 Å². The first-order valence-corrected chi connectivity index (χ1v) is 5.03. The zero-order chi connectivity index (χ0) is 13.6. The van der Waals surface area contributed by atoms with Crippen molar-refractivity contribution in [2.24, 2.45) is 0 Å². The molecule has 0 saturated heterocycles. The van der Waals surface area contributed by atoms with Crippen LogP contribution in [0.3, 0.4) is 0 Å². The highest BCUT2D eigenvalue weighted by Gasteiger charge is 2.50. The van der Waals surface area contributed by atoms with Crippen LogP contribution < -0.4 is 0 Å². The summed E-state index contributed by atoms with van der Waals surface area (Å²) in [6, 6.07) is 0. The summed E-state index contributed by atoms with van der Waals surface area (Å²) >= 11 is 0. The first-order valence-electron chi connectivity index (χ1n) is 5.03. The fourth-order valence-electron chi connectivity index (χ4n) is 1.67. The van der Waals surface area contributed by atoms with Gasteiger partial charge in [0.1, 0.15) is 0 Å². The molecular formula is C12H20NO4+. The van der Waals surface area contributed by atoms with Crippen LogP contribution in [0, 0.1) is 0 Å². The van der Waals surface area contributed by atoms with Crippen LogP contribution in [0.1, 0.15) is 0 Å². The van der Waals surface area contributed by atoms with Crippen molar-refractivity contribution in [1.82, 2.24) is 0 Å². The van der Waals surface area contributed by atoms with Crippen molar-refractivity contribution in [3.63, 3.8) is 0 Å². The molecule has 0 radical (unpaired) electrons. The molecule has 0 bridgehead atoms. The summed E-state index contributed by atoms with van der Waals surface area (Å²) in [6.07, 6.45) is -1.35. The van der Waals surface area contributed by atoms with E-state index in [-0.39, 0.29) is 0 Å². The fourth-order valence-corrected chi connectivity index (χ4v) is 1.67. The van der Waals surface area contributed by atoms with Gasteiger partial charge in [-0.3, -0.25) is 0 Å². The molecule has 0 amide bonds. The molecular weight excluding hydrogens is 222 g/mol. The fraction of sp³-hybridized carbons (Fsp3) is 0.333. The van der Waals surface area contributed by atoms with Gasteiger partial charge in [-0.1, -0.05) is 26.3 Å². The monoisotopic (exact) mass is 242 g/mol. The van der Waals surface area contributed by atoms with Crippen LogP contribution in [-0.4, -0.2) is 49.8 Å². The predicted molar refractivity (Wildman–Crippen MR) is 65.1 cm³/mol. The van der Waals surface area contributed by atoms with Crippen LogP contribution in [0.15, 0.2) is 50.6 Å². The van der Waals surface area contributed by atoms with Gasteiger partial charge in [0.2, 0.25) is 24.9 Å². The topological polar surface area (TPSA) is 80.9 Å². The van der Waals surface area contributed by atoms with E-state index in [1.165, 1.54) is 0 Å². The number of quaternary nitrogens is 1. The van der Waals surface area contributed by atoms with Gasteiger partial charge in [-0.25, -0.2) is 4.48 Å². The van der Waals surface area contributed by atoms with Gasteiger partial charge in [0.25, 0.3) is 0 Å². The van der Waals surface area contributed by atoms with E-state index in [0.717, 1.165) is 24.3 Å². The lowest BCUT2D eigenvalue weighted by molar-refractivity contribution is -1.06. The summed E-state index contributed by atoms with van der Waals surface area (Å²) < 4.78 is -0.931. The SMILES string of the molecule is C=CC(O)[N+](C(O)C=C)(C(O)C=C)C(O)C=C. The molecule has 0 heterocycles.